The molecule has 0 bridgehead atoms. The van der Waals surface area contributed by atoms with Crippen LogP contribution in [0.2, 0.25) is 0 Å². The SMILES string of the molecule is Nc1ccc(O)c2c1C(=O)c1c(O)c(-c3ccc(Oc4ccccc4)cc3)cc(N)c1C2=O. The zero-order chi connectivity index (χ0) is 23.3. The second kappa shape index (κ2) is 7.42. The number of carbonyl (C=O) groups excluding carboxylic acids is 2. The number of fused-ring (bicyclic) bond motifs is 2. The Bertz CT molecular complexity index is 1440. The van der Waals surface area contributed by atoms with E-state index >= 15 is 0 Å². The van der Waals surface area contributed by atoms with Crippen molar-refractivity contribution < 1.29 is 24.5 Å². The molecule has 1 aliphatic carbocycles. The van der Waals surface area contributed by atoms with Crippen LogP contribution < -0.4 is 16.2 Å². The van der Waals surface area contributed by atoms with Crippen LogP contribution in [0.25, 0.3) is 11.1 Å². The molecule has 0 atom stereocenters. The van der Waals surface area contributed by atoms with E-state index in [0.717, 1.165) is 0 Å². The predicted molar refractivity (Wildman–Crippen MR) is 124 cm³/mol. The van der Waals surface area contributed by atoms with Crippen LogP contribution in [0.3, 0.4) is 0 Å². The van der Waals surface area contributed by atoms with Crippen LogP contribution in [0.1, 0.15) is 31.8 Å². The van der Waals surface area contributed by atoms with Crippen LogP contribution in [-0.4, -0.2) is 21.8 Å². The molecule has 0 fully saturated rings. The van der Waals surface area contributed by atoms with E-state index < -0.39 is 11.6 Å². The van der Waals surface area contributed by atoms with Crippen LogP contribution in [0.5, 0.6) is 23.0 Å². The van der Waals surface area contributed by atoms with E-state index in [1.54, 1.807) is 24.3 Å². The summed E-state index contributed by atoms with van der Waals surface area (Å²) in [5.41, 5.74) is 12.2. The van der Waals surface area contributed by atoms with Gasteiger partial charge in [-0.3, -0.25) is 9.59 Å². The molecule has 33 heavy (non-hydrogen) atoms. The number of anilines is 2. The van der Waals surface area contributed by atoms with Crippen molar-refractivity contribution in [1.29, 1.82) is 0 Å². The summed E-state index contributed by atoms with van der Waals surface area (Å²) in [4.78, 5) is 26.4. The van der Waals surface area contributed by atoms with Crippen molar-refractivity contribution in [2.75, 3.05) is 11.5 Å². The highest BCUT2D eigenvalue weighted by Crippen LogP contribution is 2.45. The topological polar surface area (TPSA) is 136 Å². The standard InChI is InChI=1S/C26H18N2O5/c27-17-10-11-19(29)22-20(17)26(32)23-21(25(22)31)18(28)12-16(24(23)30)13-6-8-15(9-7-13)33-14-4-2-1-3-5-14/h1-12,29-30H,27-28H2. The fourth-order valence-electron chi connectivity index (χ4n) is 4.04. The first-order valence-corrected chi connectivity index (χ1v) is 10.1. The summed E-state index contributed by atoms with van der Waals surface area (Å²) in [5, 5.41) is 21.2. The molecule has 0 aromatic heterocycles. The molecule has 0 amide bonds. The van der Waals surface area contributed by atoms with Gasteiger partial charge in [0.05, 0.1) is 22.3 Å². The Labute approximate surface area is 188 Å². The summed E-state index contributed by atoms with van der Waals surface area (Å²) in [6.07, 6.45) is 0. The number of aromatic hydroxyl groups is 2. The molecule has 5 rings (SSSR count). The number of carbonyl (C=O) groups is 2. The van der Waals surface area contributed by atoms with Crippen molar-refractivity contribution in [1.82, 2.24) is 0 Å². The summed E-state index contributed by atoms with van der Waals surface area (Å²) in [5.74, 6) is -0.852. The van der Waals surface area contributed by atoms with Crippen molar-refractivity contribution in [2.45, 2.75) is 0 Å². The molecular formula is C26H18N2O5. The molecular weight excluding hydrogens is 420 g/mol. The van der Waals surface area contributed by atoms with E-state index in [1.807, 2.05) is 30.3 Å². The van der Waals surface area contributed by atoms with E-state index in [2.05, 4.69) is 0 Å². The van der Waals surface area contributed by atoms with Crippen molar-refractivity contribution in [3.8, 4) is 34.1 Å². The van der Waals surface area contributed by atoms with Gasteiger partial charge in [-0.2, -0.15) is 0 Å². The number of nitrogens with two attached hydrogens (primary N) is 2. The highest BCUT2D eigenvalue weighted by atomic mass is 16.5. The summed E-state index contributed by atoms with van der Waals surface area (Å²) in [6, 6.07) is 20.1. The largest absolute Gasteiger partial charge is 0.507 e. The van der Waals surface area contributed by atoms with Gasteiger partial charge in [0.15, 0.2) is 0 Å². The van der Waals surface area contributed by atoms with Gasteiger partial charge in [-0.25, -0.2) is 0 Å². The zero-order valence-corrected chi connectivity index (χ0v) is 17.2. The fourth-order valence-corrected chi connectivity index (χ4v) is 4.04. The quantitative estimate of drug-likeness (QED) is 0.241. The Kier molecular flexibility index (Phi) is 4.53. The number of phenolic OH excluding ortho intramolecular Hbond substituents is 2. The van der Waals surface area contributed by atoms with Crippen molar-refractivity contribution in [2.24, 2.45) is 0 Å². The van der Waals surface area contributed by atoms with Crippen molar-refractivity contribution in [3.63, 3.8) is 0 Å². The number of benzene rings is 4. The number of hydrogen-bond donors (Lipinski definition) is 4. The van der Waals surface area contributed by atoms with Crippen LogP contribution in [-0.2, 0) is 0 Å². The maximum atomic E-state index is 13.3. The van der Waals surface area contributed by atoms with Gasteiger partial charge in [-0.1, -0.05) is 30.3 Å². The van der Waals surface area contributed by atoms with E-state index in [4.69, 9.17) is 16.2 Å². The molecule has 4 aromatic carbocycles. The third-order valence-electron chi connectivity index (χ3n) is 5.60. The van der Waals surface area contributed by atoms with Crippen molar-refractivity contribution >= 4 is 22.9 Å². The molecule has 0 saturated carbocycles. The number of rotatable bonds is 3. The lowest BCUT2D eigenvalue weighted by atomic mass is 9.80. The van der Waals surface area contributed by atoms with E-state index in [1.165, 1.54) is 18.2 Å². The highest BCUT2D eigenvalue weighted by molar-refractivity contribution is 6.33. The lowest BCUT2D eigenvalue weighted by Crippen LogP contribution is -2.24. The van der Waals surface area contributed by atoms with Crippen LogP contribution in [0.15, 0.2) is 72.8 Å². The molecule has 1 aliphatic rings. The summed E-state index contributed by atoms with van der Waals surface area (Å²) >= 11 is 0. The number of hydrogen-bond acceptors (Lipinski definition) is 7. The van der Waals surface area contributed by atoms with Crippen molar-refractivity contribution in [3.05, 3.63) is 95.1 Å². The van der Waals surface area contributed by atoms with Crippen LogP contribution >= 0.6 is 0 Å². The van der Waals surface area contributed by atoms with Gasteiger partial charge >= 0.3 is 0 Å². The average Bonchev–Trinajstić information content (AvgIpc) is 2.81. The minimum absolute atomic E-state index is 0.00763. The first kappa shape index (κ1) is 20.1. The van der Waals surface area contributed by atoms with Gasteiger partial charge in [-0.05, 0) is 48.0 Å². The summed E-state index contributed by atoms with van der Waals surface area (Å²) in [6.45, 7) is 0. The number of nitrogen functional groups attached to an aromatic ring is 2. The molecule has 0 aliphatic heterocycles. The molecule has 0 unspecified atom stereocenters. The number of para-hydroxylation sites is 1. The summed E-state index contributed by atoms with van der Waals surface area (Å²) < 4.78 is 5.78. The van der Waals surface area contributed by atoms with Gasteiger partial charge < -0.3 is 26.4 Å². The second-order valence-electron chi connectivity index (χ2n) is 7.63. The fraction of sp³-hybridized carbons (Fsp3) is 0. The highest BCUT2D eigenvalue weighted by Gasteiger charge is 2.38. The van der Waals surface area contributed by atoms with E-state index in [0.29, 0.717) is 17.1 Å². The van der Waals surface area contributed by atoms with Gasteiger partial charge in [-0.15, -0.1) is 0 Å². The van der Waals surface area contributed by atoms with Gasteiger partial charge in [0.25, 0.3) is 0 Å². The third-order valence-corrected chi connectivity index (χ3v) is 5.60. The molecule has 0 spiro atoms. The normalized spacial score (nSPS) is 12.2. The molecule has 0 radical (unpaired) electrons. The smallest absolute Gasteiger partial charge is 0.200 e. The Morgan fingerprint density at radius 2 is 1.24 bits per heavy atom. The third kappa shape index (κ3) is 3.14. The Morgan fingerprint density at radius 1 is 0.636 bits per heavy atom. The lowest BCUT2D eigenvalue weighted by molar-refractivity contribution is 0.0975. The van der Waals surface area contributed by atoms with Gasteiger partial charge in [0, 0.05) is 16.9 Å². The Hall–Kier alpha value is -4.78. The first-order chi connectivity index (χ1) is 15.9. The molecule has 0 heterocycles. The number of ketones is 2. The minimum atomic E-state index is -0.678. The molecule has 6 N–H and O–H groups in total. The van der Waals surface area contributed by atoms with Crippen LogP contribution in [0.4, 0.5) is 11.4 Å². The molecule has 4 aromatic rings. The molecule has 162 valence electrons. The first-order valence-electron chi connectivity index (χ1n) is 10.1. The molecule has 0 saturated heterocycles. The van der Waals surface area contributed by atoms with E-state index in [9.17, 15) is 19.8 Å². The zero-order valence-electron chi connectivity index (χ0n) is 17.2. The van der Waals surface area contributed by atoms with Gasteiger partial charge in [0.1, 0.15) is 23.0 Å². The maximum absolute atomic E-state index is 13.3. The average molecular weight is 438 g/mol. The second-order valence-corrected chi connectivity index (χ2v) is 7.63. The molecule has 7 nitrogen and oxygen atoms in total. The number of phenols is 2. The van der Waals surface area contributed by atoms with Gasteiger partial charge in [0.2, 0.25) is 11.6 Å². The summed E-state index contributed by atoms with van der Waals surface area (Å²) in [7, 11) is 0. The maximum Gasteiger partial charge on any atom is 0.200 e. The van der Waals surface area contributed by atoms with Crippen LogP contribution in [0, 0.1) is 0 Å². The molecule has 7 heteroatoms. The van der Waals surface area contributed by atoms with E-state index in [-0.39, 0.29) is 50.7 Å². The number of ether oxygens (including phenoxy) is 1. The predicted octanol–water partition coefficient (Wildman–Crippen LogP) is 4.50. The lowest BCUT2D eigenvalue weighted by Gasteiger charge is -2.23. The monoisotopic (exact) mass is 438 g/mol. The Balaban J connectivity index is 1.60. The minimum Gasteiger partial charge on any atom is -0.507 e. The Morgan fingerprint density at radius 3 is 1.94 bits per heavy atom.